The number of ether oxygens (including phenoxy) is 4. The predicted molar refractivity (Wildman–Crippen MR) is 123 cm³/mol. The van der Waals surface area contributed by atoms with E-state index < -0.39 is 5.97 Å². The van der Waals surface area contributed by atoms with Gasteiger partial charge in [0.05, 0.1) is 10.6 Å². The van der Waals surface area contributed by atoms with Gasteiger partial charge in [-0.15, -0.1) is 0 Å². The van der Waals surface area contributed by atoms with Crippen LogP contribution in [0.4, 0.5) is 0 Å². The molecule has 0 radical (unpaired) electrons. The lowest BCUT2D eigenvalue weighted by atomic mass is 9.97. The lowest BCUT2D eigenvalue weighted by Gasteiger charge is -2.23. The van der Waals surface area contributed by atoms with E-state index in [9.17, 15) is 4.79 Å². The van der Waals surface area contributed by atoms with E-state index in [1.165, 1.54) is 0 Å². The number of benzene rings is 3. The van der Waals surface area contributed by atoms with Crippen LogP contribution in [0.25, 0.3) is 11.3 Å². The second-order valence-electron chi connectivity index (χ2n) is 7.51. The van der Waals surface area contributed by atoms with Gasteiger partial charge in [-0.2, -0.15) is 0 Å². The van der Waals surface area contributed by atoms with Crippen LogP contribution in [0.3, 0.4) is 0 Å². The van der Waals surface area contributed by atoms with Gasteiger partial charge in [-0.3, -0.25) is 0 Å². The lowest BCUT2D eigenvalue weighted by molar-refractivity contribution is -0.129. The van der Waals surface area contributed by atoms with E-state index in [-0.39, 0.29) is 11.6 Å². The fourth-order valence-electron chi connectivity index (χ4n) is 3.90. The molecule has 0 unspecified atom stereocenters. The Labute approximate surface area is 194 Å². The average Bonchev–Trinajstić information content (AvgIpc) is 3.24. The maximum Gasteiger partial charge on any atom is 0.364 e. The number of carbonyl (C=O) groups is 1. The molecule has 0 N–H and O–H groups in total. The third-order valence-corrected chi connectivity index (χ3v) is 5.78. The van der Waals surface area contributed by atoms with Gasteiger partial charge in [0, 0.05) is 16.7 Å². The molecule has 3 aliphatic heterocycles. The third-order valence-electron chi connectivity index (χ3n) is 5.45. The van der Waals surface area contributed by atoms with Crippen LogP contribution in [0, 0.1) is 0 Å². The van der Waals surface area contributed by atoms with Gasteiger partial charge in [0.15, 0.2) is 17.2 Å². The van der Waals surface area contributed by atoms with E-state index in [1.807, 2.05) is 48.5 Å². The van der Waals surface area contributed by atoms with Gasteiger partial charge < -0.3 is 18.9 Å². The minimum atomic E-state index is -0.547. The first-order chi connectivity index (χ1) is 16.2. The normalized spacial score (nSPS) is 18.6. The molecule has 0 atom stereocenters. The number of rotatable bonds is 2. The van der Waals surface area contributed by atoms with E-state index >= 15 is 0 Å². The Kier molecular flexibility index (Phi) is 4.66. The molecule has 33 heavy (non-hydrogen) atoms. The number of hydrogen-bond donors (Lipinski definition) is 0. The minimum Gasteiger partial charge on any atom is -0.486 e. The second kappa shape index (κ2) is 7.83. The maximum absolute atomic E-state index is 12.9. The molecule has 162 valence electrons. The standard InChI is InChI=1S/C26H16ClNO5/c27-19-7-3-1-6-17(19)25-28-24(26(29)33-25)18-14-22(32-20-8-4-2-5-16(18)20)15-9-10-21-23(13-15)31-12-11-30-21/h1-10,13-14H,11-12H2. The molecule has 0 aliphatic carbocycles. The number of cyclic esters (lactones) is 1. The summed E-state index contributed by atoms with van der Waals surface area (Å²) in [4.78, 5) is 17.4. The molecule has 3 aromatic rings. The summed E-state index contributed by atoms with van der Waals surface area (Å²) in [5, 5.41) is 0.454. The van der Waals surface area contributed by atoms with Crippen molar-refractivity contribution in [2.75, 3.05) is 13.2 Å². The second-order valence-corrected chi connectivity index (χ2v) is 7.92. The van der Waals surface area contributed by atoms with E-state index in [1.54, 1.807) is 24.3 Å². The van der Waals surface area contributed by atoms with E-state index in [0.29, 0.717) is 52.4 Å². The Balaban J connectivity index is 1.50. The highest BCUT2D eigenvalue weighted by Gasteiger charge is 2.31. The van der Waals surface area contributed by atoms with Crippen molar-refractivity contribution in [2.24, 2.45) is 4.99 Å². The van der Waals surface area contributed by atoms with Gasteiger partial charge in [-0.25, -0.2) is 9.79 Å². The van der Waals surface area contributed by atoms with Crippen LogP contribution in [0.2, 0.25) is 5.02 Å². The SMILES string of the molecule is O=C1OC(c2ccccc2Cl)=NC1=C1C=C(c2ccc3c(c2)OCCO3)Oc2ccccc21. The Morgan fingerprint density at radius 3 is 2.39 bits per heavy atom. The molecule has 3 aliphatic rings. The highest BCUT2D eigenvalue weighted by molar-refractivity contribution is 6.34. The Morgan fingerprint density at radius 1 is 0.788 bits per heavy atom. The number of halogens is 1. The van der Waals surface area contributed by atoms with Crippen molar-refractivity contribution in [1.29, 1.82) is 0 Å². The van der Waals surface area contributed by atoms with Gasteiger partial charge >= 0.3 is 5.97 Å². The Morgan fingerprint density at radius 2 is 1.55 bits per heavy atom. The molecule has 0 amide bonds. The molecule has 0 fully saturated rings. The molecule has 6 rings (SSSR count). The molecule has 0 bridgehead atoms. The zero-order chi connectivity index (χ0) is 22.4. The van der Waals surface area contributed by atoms with Crippen LogP contribution in [0.1, 0.15) is 16.7 Å². The van der Waals surface area contributed by atoms with Crippen molar-refractivity contribution in [1.82, 2.24) is 0 Å². The van der Waals surface area contributed by atoms with Crippen LogP contribution in [0.15, 0.2) is 83.5 Å². The van der Waals surface area contributed by atoms with Crippen LogP contribution in [-0.2, 0) is 9.53 Å². The van der Waals surface area contributed by atoms with Crippen molar-refractivity contribution >= 4 is 34.8 Å². The quantitative estimate of drug-likeness (QED) is 0.388. The summed E-state index contributed by atoms with van der Waals surface area (Å²) >= 11 is 6.29. The summed E-state index contributed by atoms with van der Waals surface area (Å²) in [7, 11) is 0. The number of nitrogens with zero attached hydrogens (tertiary/aromatic N) is 1. The summed E-state index contributed by atoms with van der Waals surface area (Å²) in [6, 6.07) is 20.2. The first kappa shape index (κ1) is 19.6. The fraction of sp³-hybridized carbons (Fsp3) is 0.0769. The summed E-state index contributed by atoms with van der Waals surface area (Å²) in [6.07, 6.45) is 1.80. The minimum absolute atomic E-state index is 0.173. The number of hydrogen-bond acceptors (Lipinski definition) is 6. The molecule has 6 nitrogen and oxygen atoms in total. The Bertz CT molecular complexity index is 1410. The van der Waals surface area contributed by atoms with E-state index in [2.05, 4.69) is 4.99 Å². The summed E-state index contributed by atoms with van der Waals surface area (Å²) in [5.74, 6) is 2.13. The summed E-state index contributed by atoms with van der Waals surface area (Å²) in [5.41, 5.74) is 2.88. The largest absolute Gasteiger partial charge is 0.486 e. The molecule has 0 saturated heterocycles. The number of fused-ring (bicyclic) bond motifs is 2. The summed E-state index contributed by atoms with van der Waals surface area (Å²) in [6.45, 7) is 1.00. The van der Waals surface area contributed by atoms with Crippen LogP contribution < -0.4 is 14.2 Å². The van der Waals surface area contributed by atoms with Gasteiger partial charge in [0.1, 0.15) is 24.7 Å². The highest BCUT2D eigenvalue weighted by Crippen LogP contribution is 2.41. The van der Waals surface area contributed by atoms with E-state index in [4.69, 9.17) is 30.5 Å². The van der Waals surface area contributed by atoms with Crippen molar-refractivity contribution in [3.05, 3.63) is 100 Å². The molecule has 0 spiro atoms. The van der Waals surface area contributed by atoms with Crippen LogP contribution >= 0.6 is 11.6 Å². The van der Waals surface area contributed by atoms with Crippen LogP contribution in [-0.4, -0.2) is 25.1 Å². The van der Waals surface area contributed by atoms with Gasteiger partial charge in [-0.05, 0) is 42.5 Å². The molecule has 0 saturated carbocycles. The van der Waals surface area contributed by atoms with Crippen molar-refractivity contribution in [3.8, 4) is 17.2 Å². The number of esters is 1. The topological polar surface area (TPSA) is 66.4 Å². The molecule has 3 aromatic carbocycles. The third kappa shape index (κ3) is 3.45. The van der Waals surface area contributed by atoms with Gasteiger partial charge in [-0.1, -0.05) is 41.9 Å². The predicted octanol–water partition coefficient (Wildman–Crippen LogP) is 5.26. The Hall–Kier alpha value is -4.03. The smallest absolute Gasteiger partial charge is 0.364 e. The molecular weight excluding hydrogens is 442 g/mol. The van der Waals surface area contributed by atoms with Crippen molar-refractivity contribution in [3.63, 3.8) is 0 Å². The van der Waals surface area contributed by atoms with E-state index in [0.717, 1.165) is 11.1 Å². The zero-order valence-corrected chi connectivity index (χ0v) is 18.0. The summed E-state index contributed by atoms with van der Waals surface area (Å²) < 4.78 is 23.0. The number of para-hydroxylation sites is 1. The molecular formula is C26H16ClNO5. The van der Waals surface area contributed by atoms with Gasteiger partial charge in [0.25, 0.3) is 0 Å². The molecule has 0 aromatic heterocycles. The van der Waals surface area contributed by atoms with Crippen molar-refractivity contribution in [2.45, 2.75) is 0 Å². The molecule has 7 heteroatoms. The number of aliphatic imine (C=N–C) groups is 1. The molecule has 3 heterocycles. The maximum atomic E-state index is 12.9. The number of allylic oxidation sites excluding steroid dienone is 2. The zero-order valence-electron chi connectivity index (χ0n) is 17.2. The van der Waals surface area contributed by atoms with Crippen LogP contribution in [0.5, 0.6) is 17.2 Å². The number of carbonyl (C=O) groups excluding carboxylic acids is 1. The highest BCUT2D eigenvalue weighted by atomic mass is 35.5. The first-order valence-electron chi connectivity index (χ1n) is 10.4. The van der Waals surface area contributed by atoms with Crippen molar-refractivity contribution < 1.29 is 23.7 Å². The lowest BCUT2D eigenvalue weighted by Crippen LogP contribution is -2.15. The monoisotopic (exact) mass is 457 g/mol. The first-order valence-corrected chi connectivity index (χ1v) is 10.7. The van der Waals surface area contributed by atoms with Gasteiger partial charge in [0.2, 0.25) is 5.90 Å². The average molecular weight is 458 g/mol. The fourth-order valence-corrected chi connectivity index (χ4v) is 4.11.